The zero-order valence-corrected chi connectivity index (χ0v) is 8.28. The number of nitrogens with two attached hydrogens (primary N) is 1. The van der Waals surface area contributed by atoms with Gasteiger partial charge in [0.1, 0.15) is 6.61 Å². The van der Waals surface area contributed by atoms with Gasteiger partial charge in [-0.2, -0.15) is 5.10 Å². The Morgan fingerprint density at radius 3 is 3.00 bits per heavy atom. The molecule has 0 aliphatic heterocycles. The second-order valence-corrected chi connectivity index (χ2v) is 2.76. The fourth-order valence-electron chi connectivity index (χ4n) is 0.970. The molecule has 1 amide bonds. The number of hydrogen-bond acceptors (Lipinski definition) is 4. The predicted octanol–water partition coefficient (Wildman–Crippen LogP) is -0.0227. The Bertz CT molecular complexity index is 302. The molecule has 0 bridgehead atoms. The van der Waals surface area contributed by atoms with Crippen LogP contribution in [-0.4, -0.2) is 28.9 Å². The van der Waals surface area contributed by atoms with E-state index in [4.69, 9.17) is 10.5 Å². The van der Waals surface area contributed by atoms with Crippen molar-refractivity contribution in [2.75, 3.05) is 24.3 Å². The van der Waals surface area contributed by atoms with E-state index in [1.165, 1.54) is 10.9 Å². The topological polar surface area (TPSA) is 82.2 Å². The maximum absolute atomic E-state index is 11.2. The van der Waals surface area contributed by atoms with E-state index in [1.807, 2.05) is 6.92 Å². The maximum Gasteiger partial charge on any atom is 0.251 e. The van der Waals surface area contributed by atoms with Crippen molar-refractivity contribution in [3.05, 3.63) is 6.20 Å². The average Bonchev–Trinajstić information content (AvgIpc) is 2.46. The first-order chi connectivity index (χ1) is 6.65. The van der Waals surface area contributed by atoms with Crippen molar-refractivity contribution < 1.29 is 9.53 Å². The minimum atomic E-state index is -0.234. The summed E-state index contributed by atoms with van der Waals surface area (Å²) in [5.41, 5.74) is 6.02. The summed E-state index contributed by atoms with van der Waals surface area (Å²) in [5.74, 6) is 0.261. The molecule has 0 radical (unpaired) electrons. The van der Waals surface area contributed by atoms with E-state index in [9.17, 15) is 4.79 Å². The smallest absolute Gasteiger partial charge is 0.251 e. The molecule has 0 atom stereocenters. The highest BCUT2D eigenvalue weighted by Crippen LogP contribution is 2.15. The Hall–Kier alpha value is -1.56. The Balaban J connectivity index is 2.55. The molecule has 0 unspecified atom stereocenters. The second-order valence-electron chi connectivity index (χ2n) is 2.76. The van der Waals surface area contributed by atoms with Crippen LogP contribution in [0.15, 0.2) is 6.20 Å². The van der Waals surface area contributed by atoms with E-state index < -0.39 is 0 Å². The highest BCUT2D eigenvalue weighted by molar-refractivity contribution is 5.93. The number of amides is 1. The number of hydrogen-bond donors (Lipinski definition) is 2. The zero-order valence-electron chi connectivity index (χ0n) is 8.28. The van der Waals surface area contributed by atoms with Gasteiger partial charge in [-0.3, -0.25) is 9.48 Å². The number of aryl methyl sites for hydroxylation is 1. The lowest BCUT2D eigenvalue weighted by atomic mass is 10.5. The maximum atomic E-state index is 11.2. The third-order valence-electron chi connectivity index (χ3n) is 1.66. The van der Waals surface area contributed by atoms with Crippen molar-refractivity contribution in [3.63, 3.8) is 0 Å². The number of carbonyl (C=O) groups is 1. The van der Waals surface area contributed by atoms with E-state index in [1.54, 1.807) is 7.05 Å². The molecule has 1 heterocycles. The first kappa shape index (κ1) is 10.5. The number of anilines is 2. The van der Waals surface area contributed by atoms with Gasteiger partial charge in [0.25, 0.3) is 5.91 Å². The molecule has 0 aromatic carbocycles. The number of nitrogens with zero attached hydrogens (tertiary/aromatic N) is 2. The summed E-state index contributed by atoms with van der Waals surface area (Å²) in [4.78, 5) is 11.2. The summed E-state index contributed by atoms with van der Waals surface area (Å²) >= 11 is 0. The fourth-order valence-corrected chi connectivity index (χ4v) is 0.970. The molecular weight excluding hydrogens is 184 g/mol. The fraction of sp³-hybridized carbons (Fsp3) is 0.500. The molecule has 0 aliphatic rings. The van der Waals surface area contributed by atoms with Crippen molar-refractivity contribution in [2.24, 2.45) is 7.05 Å². The van der Waals surface area contributed by atoms with Gasteiger partial charge in [-0.05, 0) is 6.92 Å². The van der Waals surface area contributed by atoms with Gasteiger partial charge < -0.3 is 15.8 Å². The Morgan fingerprint density at radius 1 is 1.79 bits per heavy atom. The van der Waals surface area contributed by atoms with Crippen molar-refractivity contribution in [3.8, 4) is 0 Å². The number of nitrogen functional groups attached to an aromatic ring is 1. The second kappa shape index (κ2) is 4.61. The highest BCUT2D eigenvalue weighted by Gasteiger charge is 2.08. The summed E-state index contributed by atoms with van der Waals surface area (Å²) in [6.45, 7) is 2.36. The molecule has 1 aromatic rings. The van der Waals surface area contributed by atoms with E-state index >= 15 is 0 Å². The molecule has 0 saturated heterocycles. The molecule has 1 aromatic heterocycles. The minimum Gasteiger partial charge on any atom is -0.394 e. The normalized spacial score (nSPS) is 10.1. The monoisotopic (exact) mass is 198 g/mol. The first-order valence-electron chi connectivity index (χ1n) is 4.30. The molecule has 6 heteroatoms. The van der Waals surface area contributed by atoms with Crippen LogP contribution in [0.1, 0.15) is 6.92 Å². The molecule has 14 heavy (non-hydrogen) atoms. The van der Waals surface area contributed by atoms with E-state index in [0.717, 1.165) is 0 Å². The van der Waals surface area contributed by atoms with Crippen molar-refractivity contribution >= 4 is 17.4 Å². The number of rotatable bonds is 4. The van der Waals surface area contributed by atoms with Gasteiger partial charge in [0.2, 0.25) is 0 Å². The van der Waals surface area contributed by atoms with Gasteiger partial charge in [0.15, 0.2) is 5.82 Å². The number of ether oxygens (including phenoxy) is 1. The van der Waals surface area contributed by atoms with Gasteiger partial charge in [-0.1, -0.05) is 0 Å². The summed E-state index contributed by atoms with van der Waals surface area (Å²) in [6.07, 6.45) is 1.48. The van der Waals surface area contributed by atoms with Crippen molar-refractivity contribution in [1.29, 1.82) is 0 Å². The van der Waals surface area contributed by atoms with Gasteiger partial charge >= 0.3 is 0 Å². The van der Waals surface area contributed by atoms with Crippen LogP contribution < -0.4 is 11.1 Å². The SMILES string of the molecule is CCOCC(=O)Nc1c(N)cnn1C. The number of aromatic nitrogens is 2. The molecule has 0 fully saturated rings. The number of nitrogens with one attached hydrogen (secondary N) is 1. The van der Waals surface area contributed by atoms with Gasteiger partial charge in [-0.25, -0.2) is 0 Å². The molecule has 1 rings (SSSR count). The van der Waals surface area contributed by atoms with E-state index in [2.05, 4.69) is 10.4 Å². The predicted molar refractivity (Wildman–Crippen MR) is 52.7 cm³/mol. The molecule has 78 valence electrons. The largest absolute Gasteiger partial charge is 0.394 e. The van der Waals surface area contributed by atoms with Gasteiger partial charge in [0.05, 0.1) is 11.9 Å². The standard InChI is InChI=1S/C8H14N4O2/c1-3-14-5-7(13)11-8-6(9)4-10-12(8)2/h4H,3,5,9H2,1-2H3,(H,11,13). The average molecular weight is 198 g/mol. The van der Waals surface area contributed by atoms with Crippen LogP contribution in [0.5, 0.6) is 0 Å². The lowest BCUT2D eigenvalue weighted by Gasteiger charge is -2.05. The molecule has 0 spiro atoms. The zero-order chi connectivity index (χ0) is 10.6. The summed E-state index contributed by atoms with van der Waals surface area (Å²) in [5, 5.41) is 6.49. The van der Waals surface area contributed by atoms with Crippen LogP contribution >= 0.6 is 0 Å². The van der Waals surface area contributed by atoms with Crippen LogP contribution in [0.25, 0.3) is 0 Å². The minimum absolute atomic E-state index is 0.0289. The summed E-state index contributed by atoms with van der Waals surface area (Å²) < 4.78 is 6.44. The summed E-state index contributed by atoms with van der Waals surface area (Å²) in [7, 11) is 1.70. The van der Waals surface area contributed by atoms with Crippen LogP contribution in [0.3, 0.4) is 0 Å². The van der Waals surface area contributed by atoms with E-state index in [-0.39, 0.29) is 12.5 Å². The van der Waals surface area contributed by atoms with Crippen molar-refractivity contribution in [1.82, 2.24) is 9.78 Å². The first-order valence-corrected chi connectivity index (χ1v) is 4.30. The molecule has 0 saturated carbocycles. The quantitative estimate of drug-likeness (QED) is 0.712. The molecular formula is C8H14N4O2. The summed E-state index contributed by atoms with van der Waals surface area (Å²) in [6, 6.07) is 0. The molecule has 3 N–H and O–H groups in total. The van der Waals surface area contributed by atoms with E-state index in [0.29, 0.717) is 18.1 Å². The number of carbonyl (C=O) groups excluding carboxylic acids is 1. The lowest BCUT2D eigenvalue weighted by molar-refractivity contribution is -0.120. The Labute approximate surface area is 82.0 Å². The van der Waals surface area contributed by atoms with Crippen LogP contribution in [0.2, 0.25) is 0 Å². The third kappa shape index (κ3) is 2.46. The Morgan fingerprint density at radius 2 is 2.50 bits per heavy atom. The van der Waals surface area contributed by atoms with Crippen LogP contribution in [-0.2, 0) is 16.6 Å². The molecule has 6 nitrogen and oxygen atoms in total. The van der Waals surface area contributed by atoms with Crippen molar-refractivity contribution in [2.45, 2.75) is 6.92 Å². The third-order valence-corrected chi connectivity index (χ3v) is 1.66. The molecule has 0 aliphatic carbocycles. The van der Waals surface area contributed by atoms with Crippen LogP contribution in [0, 0.1) is 0 Å². The van der Waals surface area contributed by atoms with Gasteiger partial charge in [-0.15, -0.1) is 0 Å². The lowest BCUT2D eigenvalue weighted by Crippen LogP contribution is -2.20. The van der Waals surface area contributed by atoms with Crippen LogP contribution in [0.4, 0.5) is 11.5 Å². The van der Waals surface area contributed by atoms with Gasteiger partial charge in [0, 0.05) is 13.7 Å². The Kier molecular flexibility index (Phi) is 3.47. The highest BCUT2D eigenvalue weighted by atomic mass is 16.5.